The van der Waals surface area contributed by atoms with Crippen molar-refractivity contribution in [1.82, 2.24) is 15.3 Å². The van der Waals surface area contributed by atoms with Gasteiger partial charge in [-0.3, -0.25) is 4.79 Å². The van der Waals surface area contributed by atoms with E-state index in [0.29, 0.717) is 36.1 Å². The van der Waals surface area contributed by atoms with Crippen LogP contribution in [0, 0.1) is 0 Å². The van der Waals surface area contributed by atoms with Gasteiger partial charge in [0, 0.05) is 22.4 Å². The van der Waals surface area contributed by atoms with Crippen LogP contribution in [0.3, 0.4) is 0 Å². The van der Waals surface area contributed by atoms with Gasteiger partial charge in [-0.25, -0.2) is 9.97 Å². The summed E-state index contributed by atoms with van der Waals surface area (Å²) in [6.07, 6.45) is 3.08. The van der Waals surface area contributed by atoms with Crippen molar-refractivity contribution >= 4 is 21.8 Å². The quantitative estimate of drug-likeness (QED) is 0.660. The van der Waals surface area contributed by atoms with E-state index in [4.69, 9.17) is 9.47 Å². The molecule has 28 heavy (non-hydrogen) atoms. The van der Waals surface area contributed by atoms with E-state index >= 15 is 0 Å². The van der Waals surface area contributed by atoms with E-state index in [2.05, 4.69) is 31.2 Å². The van der Waals surface area contributed by atoms with Crippen LogP contribution in [-0.2, 0) is 0 Å². The molecule has 6 nitrogen and oxygen atoms in total. The second-order valence-corrected chi connectivity index (χ2v) is 7.23. The first kappa shape index (κ1) is 18.4. The number of halogens is 1. The Hall–Kier alpha value is -2.93. The highest BCUT2D eigenvalue weighted by molar-refractivity contribution is 9.10. The molecule has 0 saturated heterocycles. The minimum Gasteiger partial charge on any atom is -0.486 e. The topological polar surface area (TPSA) is 73.3 Å². The Morgan fingerprint density at radius 2 is 1.71 bits per heavy atom. The van der Waals surface area contributed by atoms with Gasteiger partial charge >= 0.3 is 0 Å². The van der Waals surface area contributed by atoms with Gasteiger partial charge in [-0.1, -0.05) is 46.3 Å². The molecule has 1 N–H and O–H groups in total. The lowest BCUT2D eigenvalue weighted by Crippen LogP contribution is -2.27. The van der Waals surface area contributed by atoms with E-state index in [0.717, 1.165) is 15.6 Å². The van der Waals surface area contributed by atoms with Crippen LogP contribution < -0.4 is 14.8 Å². The number of rotatable bonds is 4. The molecule has 2 aromatic carbocycles. The Bertz CT molecular complexity index is 994. The van der Waals surface area contributed by atoms with E-state index in [1.807, 2.05) is 49.4 Å². The zero-order chi connectivity index (χ0) is 19.5. The highest BCUT2D eigenvalue weighted by Gasteiger charge is 2.20. The summed E-state index contributed by atoms with van der Waals surface area (Å²) < 4.78 is 12.1. The second kappa shape index (κ2) is 7.98. The minimum absolute atomic E-state index is 0.242. The van der Waals surface area contributed by atoms with Gasteiger partial charge in [0.1, 0.15) is 13.2 Å². The van der Waals surface area contributed by atoms with Gasteiger partial charge in [-0.15, -0.1) is 0 Å². The summed E-state index contributed by atoms with van der Waals surface area (Å²) in [5, 5.41) is 2.97. The van der Waals surface area contributed by atoms with Crippen LogP contribution in [0.15, 0.2) is 59.3 Å². The summed E-state index contributed by atoms with van der Waals surface area (Å²) in [6.45, 7) is 2.96. The van der Waals surface area contributed by atoms with Gasteiger partial charge in [0.05, 0.1) is 11.6 Å². The summed E-state index contributed by atoms with van der Waals surface area (Å²) >= 11 is 3.55. The molecule has 0 bridgehead atoms. The number of benzene rings is 2. The number of nitrogens with one attached hydrogen (secondary N) is 1. The van der Waals surface area contributed by atoms with E-state index in [1.54, 1.807) is 0 Å². The van der Waals surface area contributed by atoms with Gasteiger partial charge in [-0.05, 0) is 24.6 Å². The number of carbonyl (C=O) groups excluding carboxylic acids is 1. The summed E-state index contributed by atoms with van der Waals surface area (Å²) in [7, 11) is 0. The SMILES string of the molecule is CC(NC(=O)c1cnc(-c2ccccc2)nc1)c1cc2c(cc1Br)OCCO2. The highest BCUT2D eigenvalue weighted by Crippen LogP contribution is 2.37. The van der Waals surface area contributed by atoms with Crippen LogP contribution in [-0.4, -0.2) is 29.1 Å². The standard InChI is InChI=1S/C21H18BrN3O3/c1-13(16-9-18-19(10-17(16)22)28-8-7-27-18)25-21(26)15-11-23-20(24-12-15)14-5-3-2-4-6-14/h2-6,9-13H,7-8H2,1H3,(H,25,26). The predicted molar refractivity (Wildman–Crippen MR) is 108 cm³/mol. The molecular weight excluding hydrogens is 422 g/mol. The lowest BCUT2D eigenvalue weighted by molar-refractivity contribution is 0.0939. The predicted octanol–water partition coefficient (Wildman–Crippen LogP) is 4.17. The molecule has 3 aromatic rings. The summed E-state index contributed by atoms with van der Waals surface area (Å²) in [5.74, 6) is 1.72. The molecule has 142 valence electrons. The van der Waals surface area contributed by atoms with Crippen molar-refractivity contribution in [2.45, 2.75) is 13.0 Å². The first-order valence-corrected chi connectivity index (χ1v) is 9.68. The lowest BCUT2D eigenvalue weighted by atomic mass is 10.1. The van der Waals surface area contributed by atoms with Crippen molar-refractivity contribution in [2.24, 2.45) is 0 Å². The van der Waals surface area contributed by atoms with E-state index in [1.165, 1.54) is 12.4 Å². The Labute approximate surface area is 171 Å². The number of hydrogen-bond donors (Lipinski definition) is 1. The zero-order valence-corrected chi connectivity index (χ0v) is 16.8. The molecule has 1 aliphatic heterocycles. The fourth-order valence-corrected chi connectivity index (χ4v) is 3.62. The second-order valence-electron chi connectivity index (χ2n) is 6.37. The largest absolute Gasteiger partial charge is 0.486 e. The van der Waals surface area contributed by atoms with Crippen LogP contribution in [0.2, 0.25) is 0 Å². The van der Waals surface area contributed by atoms with Crippen molar-refractivity contribution < 1.29 is 14.3 Å². The van der Waals surface area contributed by atoms with E-state index < -0.39 is 0 Å². The fraction of sp³-hybridized carbons (Fsp3) is 0.190. The monoisotopic (exact) mass is 439 g/mol. The zero-order valence-electron chi connectivity index (χ0n) is 15.2. The number of fused-ring (bicyclic) bond motifs is 1. The number of nitrogens with zero attached hydrogens (tertiary/aromatic N) is 2. The number of ether oxygens (including phenoxy) is 2. The maximum Gasteiger partial charge on any atom is 0.254 e. The molecule has 4 rings (SSSR count). The number of aromatic nitrogens is 2. The molecule has 0 radical (unpaired) electrons. The van der Waals surface area contributed by atoms with E-state index in [-0.39, 0.29) is 11.9 Å². The van der Waals surface area contributed by atoms with Gasteiger partial charge in [-0.2, -0.15) is 0 Å². The first-order chi connectivity index (χ1) is 13.6. The molecule has 1 unspecified atom stereocenters. The Morgan fingerprint density at radius 3 is 2.39 bits per heavy atom. The maximum absolute atomic E-state index is 12.6. The Morgan fingerprint density at radius 1 is 1.07 bits per heavy atom. The fourth-order valence-electron chi connectivity index (χ4n) is 2.95. The third-order valence-corrected chi connectivity index (χ3v) is 5.11. The van der Waals surface area contributed by atoms with Crippen LogP contribution in [0.25, 0.3) is 11.4 Å². The number of hydrogen-bond acceptors (Lipinski definition) is 5. The first-order valence-electron chi connectivity index (χ1n) is 8.89. The van der Waals surface area contributed by atoms with Crippen molar-refractivity contribution in [2.75, 3.05) is 13.2 Å². The van der Waals surface area contributed by atoms with Crippen LogP contribution in [0.4, 0.5) is 0 Å². The average molecular weight is 440 g/mol. The summed E-state index contributed by atoms with van der Waals surface area (Å²) in [5.41, 5.74) is 2.21. The van der Waals surface area contributed by atoms with Crippen molar-refractivity contribution in [3.8, 4) is 22.9 Å². The minimum atomic E-state index is -0.244. The van der Waals surface area contributed by atoms with E-state index in [9.17, 15) is 4.79 Å². The molecule has 1 amide bonds. The normalized spacial score (nSPS) is 13.6. The molecule has 0 aliphatic carbocycles. The third kappa shape index (κ3) is 3.84. The Balaban J connectivity index is 1.49. The van der Waals surface area contributed by atoms with Gasteiger partial charge in [0.2, 0.25) is 0 Å². The molecule has 1 atom stereocenters. The van der Waals surface area contributed by atoms with Gasteiger partial charge < -0.3 is 14.8 Å². The number of amides is 1. The van der Waals surface area contributed by atoms with Crippen LogP contribution in [0.1, 0.15) is 28.9 Å². The van der Waals surface area contributed by atoms with Gasteiger partial charge in [0.25, 0.3) is 5.91 Å². The summed E-state index contributed by atoms with van der Waals surface area (Å²) in [6, 6.07) is 13.1. The molecule has 0 fully saturated rings. The van der Waals surface area contributed by atoms with Crippen molar-refractivity contribution in [3.05, 3.63) is 70.5 Å². The molecule has 0 spiro atoms. The van der Waals surface area contributed by atoms with Crippen LogP contribution in [0.5, 0.6) is 11.5 Å². The lowest BCUT2D eigenvalue weighted by Gasteiger charge is -2.22. The van der Waals surface area contributed by atoms with Crippen molar-refractivity contribution in [1.29, 1.82) is 0 Å². The molecule has 1 aliphatic rings. The molecule has 0 saturated carbocycles. The molecule has 7 heteroatoms. The smallest absolute Gasteiger partial charge is 0.254 e. The van der Waals surface area contributed by atoms with Crippen molar-refractivity contribution in [3.63, 3.8) is 0 Å². The highest BCUT2D eigenvalue weighted by atomic mass is 79.9. The number of carbonyl (C=O) groups is 1. The van der Waals surface area contributed by atoms with Crippen LogP contribution >= 0.6 is 15.9 Å². The average Bonchev–Trinajstić information content (AvgIpc) is 2.74. The molecular formula is C21H18BrN3O3. The summed E-state index contributed by atoms with van der Waals surface area (Å²) in [4.78, 5) is 21.2. The third-order valence-electron chi connectivity index (χ3n) is 4.42. The maximum atomic E-state index is 12.6. The van der Waals surface area contributed by atoms with Gasteiger partial charge in [0.15, 0.2) is 17.3 Å². The molecule has 2 heterocycles. The molecule has 1 aromatic heterocycles. The Kier molecular flexibility index (Phi) is 5.25.